The summed E-state index contributed by atoms with van der Waals surface area (Å²) in [7, 11) is 0. The summed E-state index contributed by atoms with van der Waals surface area (Å²) in [5, 5.41) is 0. The molecule has 0 saturated heterocycles. The van der Waals surface area contributed by atoms with E-state index in [0.717, 1.165) is 0 Å². The van der Waals surface area contributed by atoms with Crippen molar-refractivity contribution in [3.8, 4) is 0 Å². The van der Waals surface area contributed by atoms with Crippen LogP contribution in [0.15, 0.2) is 0 Å². The average molecular weight is 327 g/mol. The van der Waals surface area contributed by atoms with Gasteiger partial charge in [-0.25, -0.2) is 0 Å². The van der Waals surface area contributed by atoms with Crippen molar-refractivity contribution < 1.29 is 0 Å². The van der Waals surface area contributed by atoms with Crippen molar-refractivity contribution in [2.24, 2.45) is 0 Å². The lowest BCUT2D eigenvalue weighted by Crippen LogP contribution is -2.04. The third-order valence-electron chi connectivity index (χ3n) is 0.802. The van der Waals surface area contributed by atoms with Crippen LogP contribution in [0.3, 0.4) is 0 Å². The lowest BCUT2D eigenvalue weighted by atomic mass is 11.0. The maximum absolute atomic E-state index is 5.39. The number of hydrogen-bond donors (Lipinski definition) is 0. The topological polar surface area (TPSA) is 0 Å². The molecule has 0 fully saturated rings. The van der Waals surface area contributed by atoms with Crippen molar-refractivity contribution in [3.05, 3.63) is 0 Å². The van der Waals surface area contributed by atoms with Crippen LogP contribution in [0, 0.1) is 0 Å². The summed E-state index contributed by atoms with van der Waals surface area (Å²) < 4.78 is 0. The Morgan fingerprint density at radius 3 is 0.750 bits per heavy atom. The van der Waals surface area contributed by atoms with E-state index in [1.54, 1.807) is 0 Å². The standard InChI is InChI=1S/2C2H5Cl3Si/c2*1-2-6(3,4)5/h2*2H2,1H3. The minimum absolute atomic E-state index is 0.706. The molecule has 0 aliphatic heterocycles. The Kier molecular flexibility index (Phi) is 10.3. The second-order valence-electron chi connectivity index (χ2n) is 1.94. The van der Waals surface area contributed by atoms with E-state index in [9.17, 15) is 0 Å². The Balaban J connectivity index is 0. The van der Waals surface area contributed by atoms with E-state index in [2.05, 4.69) is 0 Å². The molecule has 12 heavy (non-hydrogen) atoms. The Labute approximate surface area is 104 Å². The summed E-state index contributed by atoms with van der Waals surface area (Å²) >= 11 is 32.3. The number of halogens is 6. The molecule has 0 spiro atoms. The summed E-state index contributed by atoms with van der Waals surface area (Å²) in [4.78, 5) is 0. The highest BCUT2D eigenvalue weighted by Crippen LogP contribution is 2.23. The van der Waals surface area contributed by atoms with Crippen LogP contribution in [0.1, 0.15) is 13.8 Å². The van der Waals surface area contributed by atoms with E-state index in [-0.39, 0.29) is 0 Å². The molecule has 0 aromatic heterocycles. The summed E-state index contributed by atoms with van der Waals surface area (Å²) in [5.41, 5.74) is 0. The minimum atomic E-state index is -2.21. The highest BCUT2D eigenvalue weighted by Gasteiger charge is 2.20. The minimum Gasteiger partial charge on any atom is -0.126 e. The monoisotopic (exact) mass is 324 g/mol. The van der Waals surface area contributed by atoms with Crippen LogP contribution in [0.5, 0.6) is 0 Å². The molecule has 0 heterocycles. The van der Waals surface area contributed by atoms with E-state index in [1.165, 1.54) is 0 Å². The van der Waals surface area contributed by atoms with Gasteiger partial charge in [0.15, 0.2) is 0 Å². The average Bonchev–Trinajstić information content (AvgIpc) is 1.86. The molecule has 0 saturated carbocycles. The summed E-state index contributed by atoms with van der Waals surface area (Å²) in [6.45, 7) is 3.75. The molecule has 0 aromatic rings. The smallest absolute Gasteiger partial charge is 0.126 e. The second-order valence-corrected chi connectivity index (χ2v) is 20.9. The van der Waals surface area contributed by atoms with Gasteiger partial charge < -0.3 is 0 Å². The third kappa shape index (κ3) is 22.7. The molecule has 8 heteroatoms. The fourth-order valence-electron chi connectivity index (χ4n) is 0. The third-order valence-corrected chi connectivity index (χ3v) is 7.22. The first-order chi connectivity index (χ1) is 5.12. The fraction of sp³-hybridized carbons (Fsp3) is 1.00. The molecule has 0 aromatic carbocycles. The highest BCUT2D eigenvalue weighted by atomic mass is 35.8. The van der Waals surface area contributed by atoms with Crippen LogP contribution in [0.25, 0.3) is 0 Å². The van der Waals surface area contributed by atoms with Crippen molar-refractivity contribution in [2.45, 2.75) is 25.9 Å². The zero-order valence-corrected chi connectivity index (χ0v) is 13.2. The number of rotatable bonds is 2. The molecule has 0 unspecified atom stereocenters. The maximum Gasteiger partial charge on any atom is 0.341 e. The van der Waals surface area contributed by atoms with Crippen molar-refractivity contribution >= 4 is 78.5 Å². The van der Waals surface area contributed by atoms with E-state index in [4.69, 9.17) is 66.5 Å². The van der Waals surface area contributed by atoms with Gasteiger partial charge in [0, 0.05) is 0 Å². The van der Waals surface area contributed by atoms with Crippen molar-refractivity contribution in [2.75, 3.05) is 0 Å². The van der Waals surface area contributed by atoms with Crippen LogP contribution in [0.4, 0.5) is 0 Å². The van der Waals surface area contributed by atoms with E-state index in [0.29, 0.717) is 12.1 Å². The first kappa shape index (κ1) is 16.6. The first-order valence-corrected chi connectivity index (χ1v) is 13.7. The zero-order chi connectivity index (χ0) is 10.4. The molecule has 0 radical (unpaired) electrons. The van der Waals surface area contributed by atoms with Crippen LogP contribution in [-0.4, -0.2) is 12.0 Å². The molecular weight excluding hydrogens is 317 g/mol. The van der Waals surface area contributed by atoms with Crippen LogP contribution >= 0.6 is 66.5 Å². The lowest BCUT2D eigenvalue weighted by Gasteiger charge is -1.98. The first-order valence-electron chi connectivity index (χ1n) is 3.26. The van der Waals surface area contributed by atoms with E-state index >= 15 is 0 Å². The van der Waals surface area contributed by atoms with Gasteiger partial charge in [0.2, 0.25) is 0 Å². The van der Waals surface area contributed by atoms with Crippen LogP contribution in [0.2, 0.25) is 12.1 Å². The fourth-order valence-corrected chi connectivity index (χ4v) is 0. The SMILES string of the molecule is CC[Si](Cl)(Cl)Cl.CC[Si](Cl)(Cl)Cl. The summed E-state index contributed by atoms with van der Waals surface area (Å²) in [5.74, 6) is 0. The highest BCUT2D eigenvalue weighted by molar-refractivity contribution is 7.65. The van der Waals surface area contributed by atoms with Crippen LogP contribution in [-0.2, 0) is 0 Å². The van der Waals surface area contributed by atoms with Gasteiger partial charge in [-0.3, -0.25) is 0 Å². The lowest BCUT2D eigenvalue weighted by molar-refractivity contribution is 1.46. The quantitative estimate of drug-likeness (QED) is 0.475. The molecule has 0 rings (SSSR count). The van der Waals surface area contributed by atoms with Gasteiger partial charge in [0.25, 0.3) is 0 Å². The zero-order valence-electron chi connectivity index (χ0n) is 6.68. The van der Waals surface area contributed by atoms with Gasteiger partial charge in [-0.1, -0.05) is 13.8 Å². The Hall–Kier alpha value is 2.17. The Bertz CT molecular complexity index is 91.1. The molecular formula is C4H10Cl6Si2. The van der Waals surface area contributed by atoms with Crippen molar-refractivity contribution in [1.29, 1.82) is 0 Å². The Morgan fingerprint density at radius 1 is 0.667 bits per heavy atom. The normalized spacial score (nSPS) is 12.0. The van der Waals surface area contributed by atoms with Crippen LogP contribution < -0.4 is 0 Å². The van der Waals surface area contributed by atoms with Crippen molar-refractivity contribution in [1.82, 2.24) is 0 Å². The molecule has 0 aliphatic carbocycles. The predicted molar refractivity (Wildman–Crippen MR) is 67.6 cm³/mol. The summed E-state index contributed by atoms with van der Waals surface area (Å²) in [6.07, 6.45) is 0. The second kappa shape index (κ2) is 7.46. The molecule has 0 nitrogen and oxygen atoms in total. The van der Waals surface area contributed by atoms with Gasteiger partial charge >= 0.3 is 12.0 Å². The molecule has 0 amide bonds. The van der Waals surface area contributed by atoms with Gasteiger partial charge in [0.05, 0.1) is 0 Å². The molecule has 0 N–H and O–H groups in total. The largest absolute Gasteiger partial charge is 0.341 e. The molecule has 76 valence electrons. The maximum atomic E-state index is 5.39. The molecule has 0 bridgehead atoms. The van der Waals surface area contributed by atoms with Gasteiger partial charge in [-0.05, 0) is 12.1 Å². The predicted octanol–water partition coefficient (Wildman–Crippen LogP) is 5.32. The van der Waals surface area contributed by atoms with Gasteiger partial charge in [-0.2, -0.15) is 0 Å². The Morgan fingerprint density at radius 2 is 0.750 bits per heavy atom. The van der Waals surface area contributed by atoms with Gasteiger partial charge in [-0.15, -0.1) is 66.5 Å². The van der Waals surface area contributed by atoms with Crippen molar-refractivity contribution in [3.63, 3.8) is 0 Å². The molecule has 0 aliphatic rings. The summed E-state index contributed by atoms with van der Waals surface area (Å²) in [6, 6.07) is -3.02. The molecule has 0 atom stereocenters. The van der Waals surface area contributed by atoms with Gasteiger partial charge in [0.1, 0.15) is 0 Å². The van der Waals surface area contributed by atoms with E-state index < -0.39 is 12.0 Å². The van der Waals surface area contributed by atoms with E-state index in [1.807, 2.05) is 13.8 Å². The number of hydrogen-bond acceptors (Lipinski definition) is 0.